The van der Waals surface area contributed by atoms with Crippen molar-refractivity contribution < 1.29 is 39.7 Å². The molecule has 4 aliphatic carbocycles. The van der Waals surface area contributed by atoms with Gasteiger partial charge in [-0.25, -0.2) is 9.59 Å². The Hall–Kier alpha value is -4.22. The van der Waals surface area contributed by atoms with Gasteiger partial charge in [0.2, 0.25) is 23.5 Å². The van der Waals surface area contributed by atoms with E-state index in [-0.39, 0.29) is 60.3 Å². The van der Waals surface area contributed by atoms with Crippen molar-refractivity contribution in [2.24, 2.45) is 0 Å². The number of carbonyl (C=O) groups excluding carboxylic acids is 2. The van der Waals surface area contributed by atoms with Crippen LogP contribution in [0, 0.1) is 0 Å². The van der Waals surface area contributed by atoms with Crippen molar-refractivity contribution >= 4 is 12.2 Å². The largest absolute Gasteiger partial charge is 0.492 e. The molecule has 0 radical (unpaired) electrons. The van der Waals surface area contributed by atoms with Crippen LogP contribution in [0.1, 0.15) is 71.6 Å². The summed E-state index contributed by atoms with van der Waals surface area (Å²) in [6, 6.07) is 0. The number of aromatic hydroxyl groups is 4. The van der Waals surface area contributed by atoms with Gasteiger partial charge in [-0.05, 0) is 25.7 Å². The minimum Gasteiger partial charge on any atom is -0.492 e. The van der Waals surface area contributed by atoms with Gasteiger partial charge in [0.25, 0.3) is 0 Å². The van der Waals surface area contributed by atoms with Crippen molar-refractivity contribution in [1.82, 2.24) is 20.1 Å². The molecule has 12 heteroatoms. The Bertz CT molecular complexity index is 1150. The van der Waals surface area contributed by atoms with E-state index < -0.39 is 12.2 Å². The summed E-state index contributed by atoms with van der Waals surface area (Å²) in [4.78, 5) is 34.3. The zero-order valence-corrected chi connectivity index (χ0v) is 19.2. The fraction of sp³-hybridized carbons (Fsp3) is 0.417. The van der Waals surface area contributed by atoms with Crippen LogP contribution in [0.2, 0.25) is 0 Å². The highest BCUT2D eigenvalue weighted by molar-refractivity contribution is 5.69. The lowest BCUT2D eigenvalue weighted by atomic mass is 10.0. The van der Waals surface area contributed by atoms with E-state index in [9.17, 15) is 30.0 Å². The van der Waals surface area contributed by atoms with Crippen LogP contribution in [0.5, 0.6) is 23.5 Å². The molecule has 4 aliphatic rings. The van der Waals surface area contributed by atoms with Crippen molar-refractivity contribution in [3.8, 4) is 23.5 Å². The number of aromatic nitrogens is 2. The second kappa shape index (κ2) is 8.18. The summed E-state index contributed by atoms with van der Waals surface area (Å²) in [6.45, 7) is 0.457. The Morgan fingerprint density at radius 2 is 0.972 bits per heavy atom. The molecule has 2 heterocycles. The van der Waals surface area contributed by atoms with Crippen molar-refractivity contribution in [2.45, 2.75) is 49.4 Å². The van der Waals surface area contributed by atoms with E-state index in [1.807, 2.05) is 24.3 Å². The SMILES string of the molecule is O=C(NCCCCNC(=O)On1c(O)c2c(c1O)C1C=CC2C1)On1c(O)c2c(c1O)C1C=CC2C1. The summed E-state index contributed by atoms with van der Waals surface area (Å²) in [6.07, 6.45) is 8.79. The Morgan fingerprint density at radius 3 is 1.28 bits per heavy atom. The summed E-state index contributed by atoms with van der Waals surface area (Å²) >= 11 is 0. The van der Waals surface area contributed by atoms with E-state index >= 15 is 0 Å². The summed E-state index contributed by atoms with van der Waals surface area (Å²) in [7, 11) is 0. The molecule has 2 aromatic rings. The number of hydrogen-bond acceptors (Lipinski definition) is 8. The van der Waals surface area contributed by atoms with Crippen LogP contribution in [0.15, 0.2) is 24.3 Å². The molecule has 12 nitrogen and oxygen atoms in total. The highest BCUT2D eigenvalue weighted by Crippen LogP contribution is 2.57. The van der Waals surface area contributed by atoms with Crippen LogP contribution >= 0.6 is 0 Å². The Morgan fingerprint density at radius 1 is 0.667 bits per heavy atom. The number of nitrogens with one attached hydrogen (secondary N) is 2. The van der Waals surface area contributed by atoms with E-state index in [0.717, 1.165) is 22.3 Å². The molecule has 2 amide bonds. The lowest BCUT2D eigenvalue weighted by Gasteiger charge is -2.11. The van der Waals surface area contributed by atoms with Crippen molar-refractivity contribution in [2.75, 3.05) is 13.1 Å². The smallest absolute Gasteiger partial charge is 0.432 e. The maximum atomic E-state index is 12.1. The zero-order valence-electron chi connectivity index (χ0n) is 19.2. The van der Waals surface area contributed by atoms with E-state index in [0.29, 0.717) is 35.1 Å². The molecular weight excluding hydrogens is 472 g/mol. The van der Waals surface area contributed by atoms with E-state index in [1.54, 1.807) is 0 Å². The summed E-state index contributed by atoms with van der Waals surface area (Å²) in [5.41, 5.74) is 2.39. The quantitative estimate of drug-likeness (QED) is 0.249. The molecule has 36 heavy (non-hydrogen) atoms. The Balaban J connectivity index is 0.925. The third-order valence-electron chi connectivity index (χ3n) is 7.45. The van der Waals surface area contributed by atoms with Crippen LogP contribution < -0.4 is 20.3 Å². The monoisotopic (exact) mass is 498 g/mol. The molecule has 6 N–H and O–H groups in total. The fourth-order valence-electron chi connectivity index (χ4n) is 5.87. The standard InChI is InChI=1S/C24H26N4O8/c29-19-15-11-3-4-12(9-11)16(15)20(30)27(19)35-23(33)25-7-1-2-8-26-24(34)36-28-21(31)17-13-5-6-14(10-13)18(17)22(28)32/h3-6,11-14,29-32H,1-2,7-10H2,(H,25,33)(H,26,34). The molecule has 6 rings (SSSR count). The first-order valence-corrected chi connectivity index (χ1v) is 12.0. The molecule has 4 atom stereocenters. The molecule has 0 spiro atoms. The molecule has 0 aliphatic heterocycles. The number of amides is 2. The number of rotatable bonds is 7. The molecule has 0 fully saturated rings. The third kappa shape index (κ3) is 3.28. The van der Waals surface area contributed by atoms with E-state index in [4.69, 9.17) is 9.68 Å². The second-order valence-corrected chi connectivity index (χ2v) is 9.52. The maximum Gasteiger partial charge on any atom is 0.432 e. The van der Waals surface area contributed by atoms with Gasteiger partial charge in [0, 0.05) is 59.0 Å². The number of carbonyl (C=O) groups is 2. The number of nitrogens with zero attached hydrogens (tertiary/aromatic N) is 2. The lowest BCUT2D eigenvalue weighted by molar-refractivity contribution is 0.106. The van der Waals surface area contributed by atoms with Gasteiger partial charge in [-0.1, -0.05) is 24.3 Å². The lowest BCUT2D eigenvalue weighted by Crippen LogP contribution is -2.34. The van der Waals surface area contributed by atoms with Crippen LogP contribution in [-0.2, 0) is 0 Å². The average Bonchev–Trinajstić information content (AvgIpc) is 3.69. The fourth-order valence-corrected chi connectivity index (χ4v) is 5.87. The van der Waals surface area contributed by atoms with Gasteiger partial charge in [-0.2, -0.15) is 0 Å². The van der Waals surface area contributed by atoms with E-state index in [2.05, 4.69) is 10.6 Å². The molecule has 0 saturated heterocycles. The maximum absolute atomic E-state index is 12.1. The van der Waals surface area contributed by atoms with E-state index in [1.165, 1.54) is 0 Å². The highest BCUT2D eigenvalue weighted by Gasteiger charge is 2.43. The van der Waals surface area contributed by atoms with Gasteiger partial charge < -0.3 is 40.7 Å². The van der Waals surface area contributed by atoms with Gasteiger partial charge >= 0.3 is 12.2 Å². The first-order valence-electron chi connectivity index (χ1n) is 12.0. The third-order valence-corrected chi connectivity index (χ3v) is 7.45. The summed E-state index contributed by atoms with van der Waals surface area (Å²) in [5.74, 6) is -1.03. The summed E-state index contributed by atoms with van der Waals surface area (Å²) in [5, 5.41) is 46.5. The number of unbranched alkanes of at least 4 members (excludes halogenated alkanes) is 1. The van der Waals surface area contributed by atoms with Crippen molar-refractivity contribution in [1.29, 1.82) is 0 Å². The van der Waals surface area contributed by atoms with Gasteiger partial charge in [0.05, 0.1) is 0 Å². The van der Waals surface area contributed by atoms with Gasteiger partial charge in [0.1, 0.15) is 0 Å². The topological polar surface area (TPSA) is 167 Å². The zero-order chi connectivity index (χ0) is 25.1. The number of allylic oxidation sites excluding steroid dienone is 4. The van der Waals surface area contributed by atoms with Crippen molar-refractivity contribution in [3.05, 3.63) is 46.6 Å². The molecule has 2 aromatic heterocycles. The molecule has 0 aromatic carbocycles. The van der Waals surface area contributed by atoms with Crippen LogP contribution in [0.4, 0.5) is 9.59 Å². The molecule has 190 valence electrons. The van der Waals surface area contributed by atoms with Crippen LogP contribution in [-0.4, -0.2) is 55.2 Å². The van der Waals surface area contributed by atoms with Crippen LogP contribution in [0.3, 0.4) is 0 Å². The predicted molar refractivity (Wildman–Crippen MR) is 123 cm³/mol. The number of hydrogen-bond donors (Lipinski definition) is 6. The normalized spacial score (nSPS) is 23.7. The second-order valence-electron chi connectivity index (χ2n) is 9.52. The van der Waals surface area contributed by atoms with Crippen molar-refractivity contribution in [3.63, 3.8) is 0 Å². The van der Waals surface area contributed by atoms with Crippen LogP contribution in [0.25, 0.3) is 0 Å². The highest BCUT2D eigenvalue weighted by atomic mass is 16.7. The molecule has 4 unspecified atom stereocenters. The molecular formula is C24H26N4O8. The number of fused-ring (bicyclic) bond motifs is 10. The predicted octanol–water partition coefficient (Wildman–Crippen LogP) is 2.15. The van der Waals surface area contributed by atoms with Gasteiger partial charge in [0.15, 0.2) is 0 Å². The Kier molecular flexibility index (Phi) is 5.06. The molecule has 0 saturated carbocycles. The first kappa shape index (κ1) is 22.3. The van der Waals surface area contributed by atoms with Gasteiger partial charge in [-0.3, -0.25) is 0 Å². The Labute approximate surface area is 204 Å². The minimum absolute atomic E-state index is 0.0152. The first-order chi connectivity index (χ1) is 17.3. The van der Waals surface area contributed by atoms with Gasteiger partial charge in [-0.15, -0.1) is 9.46 Å². The minimum atomic E-state index is -0.836. The molecule has 4 bridgehead atoms. The summed E-state index contributed by atoms with van der Waals surface area (Å²) < 4.78 is 1.49. The average molecular weight is 498 g/mol.